The highest BCUT2D eigenvalue weighted by atomic mass is 16.5. The summed E-state index contributed by atoms with van der Waals surface area (Å²) < 4.78 is 10.0. The minimum Gasteiger partial charge on any atom is -0.478 e. The Labute approximate surface area is 107 Å². The van der Waals surface area contributed by atoms with Crippen molar-refractivity contribution in [3.05, 3.63) is 48.4 Å². The van der Waals surface area contributed by atoms with Crippen LogP contribution in [0.2, 0.25) is 0 Å². The fourth-order valence-electron chi connectivity index (χ4n) is 1.64. The lowest BCUT2D eigenvalue weighted by atomic mass is 10.1. The fourth-order valence-corrected chi connectivity index (χ4v) is 1.64. The van der Waals surface area contributed by atoms with Crippen molar-refractivity contribution in [2.75, 3.05) is 0 Å². The first-order chi connectivity index (χ1) is 9.24. The molecule has 2 aromatic heterocycles. The minimum atomic E-state index is -1.000. The second-order valence-corrected chi connectivity index (χ2v) is 3.82. The maximum atomic E-state index is 10.9. The molecule has 3 rings (SSSR count). The van der Waals surface area contributed by atoms with Crippen molar-refractivity contribution in [1.82, 2.24) is 10.1 Å². The third-order valence-electron chi connectivity index (χ3n) is 2.56. The SMILES string of the molecule is O=C(O)c1cccc(-c2noc(-c3ccoc3)n2)c1. The van der Waals surface area contributed by atoms with E-state index in [0.717, 1.165) is 0 Å². The van der Waals surface area contributed by atoms with Crippen LogP contribution in [-0.2, 0) is 0 Å². The topological polar surface area (TPSA) is 89.4 Å². The summed E-state index contributed by atoms with van der Waals surface area (Å²) in [6.45, 7) is 0. The van der Waals surface area contributed by atoms with E-state index >= 15 is 0 Å². The zero-order valence-corrected chi connectivity index (χ0v) is 9.61. The summed E-state index contributed by atoms with van der Waals surface area (Å²) in [7, 11) is 0. The Bertz CT molecular complexity index is 716. The van der Waals surface area contributed by atoms with Gasteiger partial charge in [0.25, 0.3) is 5.89 Å². The van der Waals surface area contributed by atoms with Crippen LogP contribution in [0.1, 0.15) is 10.4 Å². The van der Waals surface area contributed by atoms with E-state index < -0.39 is 5.97 Å². The van der Waals surface area contributed by atoms with E-state index in [1.807, 2.05) is 0 Å². The lowest BCUT2D eigenvalue weighted by Gasteiger charge is -1.96. The number of aromatic carboxylic acids is 1. The Balaban J connectivity index is 1.99. The van der Waals surface area contributed by atoms with E-state index in [0.29, 0.717) is 22.8 Å². The Hall–Kier alpha value is -2.89. The molecule has 94 valence electrons. The van der Waals surface area contributed by atoms with E-state index in [4.69, 9.17) is 14.0 Å². The Morgan fingerprint density at radius 2 is 2.11 bits per heavy atom. The largest absolute Gasteiger partial charge is 0.478 e. The molecule has 19 heavy (non-hydrogen) atoms. The molecule has 0 saturated heterocycles. The molecule has 0 aliphatic rings. The summed E-state index contributed by atoms with van der Waals surface area (Å²) >= 11 is 0. The number of benzene rings is 1. The lowest BCUT2D eigenvalue weighted by Crippen LogP contribution is -1.96. The third kappa shape index (κ3) is 2.11. The van der Waals surface area contributed by atoms with Gasteiger partial charge < -0.3 is 14.0 Å². The monoisotopic (exact) mass is 256 g/mol. The van der Waals surface area contributed by atoms with Crippen LogP contribution in [0.4, 0.5) is 0 Å². The number of carboxylic acids is 1. The number of nitrogens with zero attached hydrogens (tertiary/aromatic N) is 2. The number of carboxylic acid groups (broad SMARTS) is 1. The Morgan fingerprint density at radius 3 is 2.84 bits per heavy atom. The van der Waals surface area contributed by atoms with Crippen LogP contribution in [0.25, 0.3) is 22.8 Å². The molecule has 0 radical (unpaired) electrons. The fraction of sp³-hybridized carbons (Fsp3) is 0. The molecule has 0 amide bonds. The minimum absolute atomic E-state index is 0.173. The second-order valence-electron chi connectivity index (χ2n) is 3.82. The van der Waals surface area contributed by atoms with E-state index in [1.165, 1.54) is 24.7 Å². The number of carbonyl (C=O) groups is 1. The van der Waals surface area contributed by atoms with Crippen LogP contribution < -0.4 is 0 Å². The van der Waals surface area contributed by atoms with Gasteiger partial charge in [-0.2, -0.15) is 4.98 Å². The molecule has 6 heteroatoms. The molecule has 2 heterocycles. The van der Waals surface area contributed by atoms with Crippen molar-refractivity contribution in [2.45, 2.75) is 0 Å². The van der Waals surface area contributed by atoms with Crippen molar-refractivity contribution in [3.63, 3.8) is 0 Å². The highest BCUT2D eigenvalue weighted by Crippen LogP contribution is 2.22. The molecular formula is C13H8N2O4. The van der Waals surface area contributed by atoms with Gasteiger partial charge in [-0.05, 0) is 18.2 Å². The summed E-state index contributed by atoms with van der Waals surface area (Å²) in [5.41, 5.74) is 1.43. The predicted octanol–water partition coefficient (Wildman–Crippen LogP) is 2.69. The van der Waals surface area contributed by atoms with Crippen LogP contribution in [0.15, 0.2) is 51.8 Å². The second kappa shape index (κ2) is 4.41. The standard InChI is InChI=1S/C13H8N2O4/c16-13(17)9-3-1-2-8(6-9)11-14-12(19-15-11)10-4-5-18-7-10/h1-7H,(H,16,17). The van der Waals surface area contributed by atoms with Crippen molar-refractivity contribution in [1.29, 1.82) is 0 Å². The quantitative estimate of drug-likeness (QED) is 0.774. The van der Waals surface area contributed by atoms with Crippen molar-refractivity contribution < 1.29 is 18.8 Å². The first-order valence-corrected chi connectivity index (χ1v) is 5.44. The molecule has 0 fully saturated rings. The summed E-state index contributed by atoms with van der Waals surface area (Å²) in [6, 6.07) is 8.04. The molecule has 0 atom stereocenters. The van der Waals surface area contributed by atoms with Crippen molar-refractivity contribution >= 4 is 5.97 Å². The molecule has 1 aromatic carbocycles. The number of aromatic nitrogens is 2. The van der Waals surface area contributed by atoms with Crippen LogP contribution in [0, 0.1) is 0 Å². The molecule has 0 unspecified atom stereocenters. The van der Waals surface area contributed by atoms with Gasteiger partial charge in [0.2, 0.25) is 5.82 Å². The van der Waals surface area contributed by atoms with E-state index in [-0.39, 0.29) is 5.56 Å². The zero-order chi connectivity index (χ0) is 13.2. The van der Waals surface area contributed by atoms with Gasteiger partial charge in [-0.1, -0.05) is 17.3 Å². The van der Waals surface area contributed by atoms with Crippen LogP contribution in [-0.4, -0.2) is 21.2 Å². The maximum Gasteiger partial charge on any atom is 0.335 e. The molecule has 1 N–H and O–H groups in total. The first-order valence-electron chi connectivity index (χ1n) is 5.44. The predicted molar refractivity (Wildman–Crippen MR) is 64.4 cm³/mol. The van der Waals surface area contributed by atoms with Crippen LogP contribution in [0.3, 0.4) is 0 Å². The summed E-state index contributed by atoms with van der Waals surface area (Å²) in [6.07, 6.45) is 3.00. The highest BCUT2D eigenvalue weighted by Gasteiger charge is 2.12. The van der Waals surface area contributed by atoms with Crippen LogP contribution in [0.5, 0.6) is 0 Å². The zero-order valence-electron chi connectivity index (χ0n) is 9.61. The van der Waals surface area contributed by atoms with E-state index in [2.05, 4.69) is 10.1 Å². The normalized spacial score (nSPS) is 10.5. The molecule has 0 spiro atoms. The van der Waals surface area contributed by atoms with Crippen molar-refractivity contribution in [3.8, 4) is 22.8 Å². The summed E-state index contributed by atoms with van der Waals surface area (Å²) in [5.74, 6) is -0.343. The van der Waals surface area contributed by atoms with Gasteiger partial charge in [0.1, 0.15) is 6.26 Å². The van der Waals surface area contributed by atoms with Crippen molar-refractivity contribution in [2.24, 2.45) is 0 Å². The van der Waals surface area contributed by atoms with Gasteiger partial charge in [0.15, 0.2) is 0 Å². The van der Waals surface area contributed by atoms with Gasteiger partial charge in [0.05, 0.1) is 17.4 Å². The van der Waals surface area contributed by atoms with Gasteiger partial charge in [-0.25, -0.2) is 4.79 Å². The molecule has 0 aliphatic heterocycles. The van der Waals surface area contributed by atoms with Gasteiger partial charge in [0, 0.05) is 5.56 Å². The molecular weight excluding hydrogens is 248 g/mol. The van der Waals surface area contributed by atoms with Gasteiger partial charge in [-0.15, -0.1) is 0 Å². The molecule has 0 aliphatic carbocycles. The third-order valence-corrected chi connectivity index (χ3v) is 2.56. The van der Waals surface area contributed by atoms with Gasteiger partial charge in [-0.3, -0.25) is 0 Å². The Morgan fingerprint density at radius 1 is 1.21 bits per heavy atom. The highest BCUT2D eigenvalue weighted by molar-refractivity contribution is 5.89. The number of rotatable bonds is 3. The summed E-state index contributed by atoms with van der Waals surface area (Å²) in [5, 5.41) is 12.8. The molecule has 6 nitrogen and oxygen atoms in total. The average molecular weight is 256 g/mol. The number of hydrogen-bond donors (Lipinski definition) is 1. The summed E-state index contributed by atoms with van der Waals surface area (Å²) in [4.78, 5) is 15.1. The molecule has 0 saturated carbocycles. The number of furan rings is 1. The maximum absolute atomic E-state index is 10.9. The Kier molecular flexibility index (Phi) is 2.60. The van der Waals surface area contributed by atoms with E-state index in [9.17, 15) is 4.79 Å². The first kappa shape index (κ1) is 11.2. The van der Waals surface area contributed by atoms with Gasteiger partial charge >= 0.3 is 5.97 Å². The molecule has 0 bridgehead atoms. The smallest absolute Gasteiger partial charge is 0.335 e. The number of hydrogen-bond acceptors (Lipinski definition) is 5. The van der Waals surface area contributed by atoms with Crippen LogP contribution >= 0.6 is 0 Å². The van der Waals surface area contributed by atoms with E-state index in [1.54, 1.807) is 18.2 Å². The average Bonchev–Trinajstić information content (AvgIpc) is 3.09. The lowest BCUT2D eigenvalue weighted by molar-refractivity contribution is 0.0697. The molecule has 3 aromatic rings.